The average molecular weight is 428 g/mol. The van der Waals surface area contributed by atoms with E-state index in [-0.39, 0.29) is 10.6 Å². The lowest BCUT2D eigenvalue weighted by Gasteiger charge is -2.14. The van der Waals surface area contributed by atoms with Crippen molar-refractivity contribution in [2.24, 2.45) is 0 Å². The Morgan fingerprint density at radius 1 is 1.32 bits per heavy atom. The van der Waals surface area contributed by atoms with E-state index in [2.05, 4.69) is 21.0 Å². The molecule has 1 aromatic heterocycles. The molecule has 3 rings (SSSR count). The molecule has 0 aliphatic carbocycles. The molecule has 7 nitrogen and oxygen atoms in total. The van der Waals surface area contributed by atoms with Crippen LogP contribution < -0.4 is 0 Å². The van der Waals surface area contributed by atoms with E-state index >= 15 is 0 Å². The van der Waals surface area contributed by atoms with Gasteiger partial charge >= 0.3 is 5.97 Å². The van der Waals surface area contributed by atoms with Crippen molar-refractivity contribution in [3.8, 4) is 0 Å². The largest absolute Gasteiger partial charge is 0.465 e. The van der Waals surface area contributed by atoms with Crippen LogP contribution in [0.1, 0.15) is 28.8 Å². The summed E-state index contributed by atoms with van der Waals surface area (Å²) < 4.78 is 34.1. The highest BCUT2D eigenvalue weighted by Crippen LogP contribution is 2.24. The van der Waals surface area contributed by atoms with Crippen molar-refractivity contribution in [3.05, 3.63) is 46.1 Å². The maximum atomic E-state index is 12.8. The number of aromatic nitrogens is 2. The molecule has 0 unspecified atom stereocenters. The van der Waals surface area contributed by atoms with Crippen LogP contribution in [0.2, 0.25) is 0 Å². The maximum absolute atomic E-state index is 12.8. The van der Waals surface area contributed by atoms with Crippen LogP contribution in [0, 0.1) is 0 Å². The first-order valence-electron chi connectivity index (χ1n) is 7.82. The normalized spacial score (nSPS) is 15.4. The first-order chi connectivity index (χ1) is 11.9. The van der Waals surface area contributed by atoms with E-state index in [0.29, 0.717) is 19.6 Å². The Morgan fingerprint density at radius 3 is 2.68 bits per heavy atom. The number of esters is 1. The van der Waals surface area contributed by atoms with Crippen molar-refractivity contribution in [1.82, 2.24) is 14.1 Å². The minimum atomic E-state index is -3.81. The fraction of sp³-hybridized carbons (Fsp3) is 0.375. The van der Waals surface area contributed by atoms with Gasteiger partial charge in [0.25, 0.3) is 10.0 Å². The fourth-order valence-corrected chi connectivity index (χ4v) is 4.85. The zero-order chi connectivity index (χ0) is 18.0. The van der Waals surface area contributed by atoms with Gasteiger partial charge in [0.15, 0.2) is 0 Å². The molecule has 25 heavy (non-hydrogen) atoms. The van der Waals surface area contributed by atoms with Crippen LogP contribution in [-0.2, 0) is 21.3 Å². The summed E-state index contributed by atoms with van der Waals surface area (Å²) >= 11 is 3.40. The SMILES string of the molecule is COC(=O)c1cn(Cc2cccc(Br)c2)nc1S(=O)(=O)N1CCCC1. The number of hydrogen-bond donors (Lipinski definition) is 0. The number of hydrogen-bond acceptors (Lipinski definition) is 5. The number of carbonyl (C=O) groups excluding carboxylic acids is 1. The van der Waals surface area contributed by atoms with Crippen molar-refractivity contribution in [1.29, 1.82) is 0 Å². The highest BCUT2D eigenvalue weighted by Gasteiger charge is 2.34. The lowest BCUT2D eigenvalue weighted by molar-refractivity contribution is 0.0596. The van der Waals surface area contributed by atoms with Gasteiger partial charge in [-0.1, -0.05) is 28.1 Å². The molecule has 0 bridgehead atoms. The first-order valence-corrected chi connectivity index (χ1v) is 10.1. The van der Waals surface area contributed by atoms with Gasteiger partial charge in [-0.05, 0) is 30.5 Å². The van der Waals surface area contributed by atoms with Crippen molar-refractivity contribution >= 4 is 31.9 Å². The Hall–Kier alpha value is -1.71. The zero-order valence-corrected chi connectivity index (χ0v) is 16.1. The zero-order valence-electron chi connectivity index (χ0n) is 13.7. The molecule has 1 aliphatic rings. The summed E-state index contributed by atoms with van der Waals surface area (Å²) in [6.45, 7) is 1.24. The molecule has 0 saturated carbocycles. The maximum Gasteiger partial charge on any atom is 0.342 e. The predicted octanol–water partition coefficient (Wildman–Crippen LogP) is 2.27. The van der Waals surface area contributed by atoms with E-state index in [1.807, 2.05) is 24.3 Å². The Balaban J connectivity index is 1.99. The van der Waals surface area contributed by atoms with Gasteiger partial charge in [-0.25, -0.2) is 13.2 Å². The number of ether oxygens (including phenoxy) is 1. The third-order valence-electron chi connectivity index (χ3n) is 4.02. The van der Waals surface area contributed by atoms with Gasteiger partial charge in [0.2, 0.25) is 5.03 Å². The monoisotopic (exact) mass is 427 g/mol. The Labute approximate surface area is 154 Å². The van der Waals surface area contributed by atoms with Gasteiger partial charge in [-0.15, -0.1) is 0 Å². The van der Waals surface area contributed by atoms with Crippen LogP contribution in [0.4, 0.5) is 0 Å². The van der Waals surface area contributed by atoms with Crippen molar-refractivity contribution < 1.29 is 17.9 Å². The lowest BCUT2D eigenvalue weighted by Crippen LogP contribution is -2.29. The number of methoxy groups -OCH3 is 1. The molecule has 1 aromatic carbocycles. The molecule has 0 atom stereocenters. The standard InChI is InChI=1S/C16H18BrN3O4S/c1-24-16(21)14-11-19(10-12-5-4-6-13(17)9-12)18-15(14)25(22,23)20-7-2-3-8-20/h4-6,9,11H,2-3,7-8,10H2,1H3. The third kappa shape index (κ3) is 3.78. The number of rotatable bonds is 5. The molecule has 1 saturated heterocycles. The van der Waals surface area contributed by atoms with Crippen molar-refractivity contribution in [2.75, 3.05) is 20.2 Å². The second-order valence-electron chi connectivity index (χ2n) is 5.78. The third-order valence-corrected chi connectivity index (χ3v) is 6.34. The smallest absolute Gasteiger partial charge is 0.342 e. The van der Waals surface area contributed by atoms with Gasteiger partial charge in [0.1, 0.15) is 5.56 Å². The summed E-state index contributed by atoms with van der Waals surface area (Å²) in [7, 11) is -2.59. The Bertz CT molecular complexity index is 889. The summed E-state index contributed by atoms with van der Waals surface area (Å²) in [6, 6.07) is 7.59. The molecule has 1 fully saturated rings. The molecule has 0 amide bonds. The predicted molar refractivity (Wildman–Crippen MR) is 94.8 cm³/mol. The lowest BCUT2D eigenvalue weighted by atomic mass is 10.2. The van der Waals surface area contributed by atoms with E-state index < -0.39 is 16.0 Å². The van der Waals surface area contributed by atoms with Crippen LogP contribution >= 0.6 is 15.9 Å². The van der Waals surface area contributed by atoms with Gasteiger partial charge in [0, 0.05) is 23.8 Å². The van der Waals surface area contributed by atoms with E-state index in [0.717, 1.165) is 22.9 Å². The highest BCUT2D eigenvalue weighted by atomic mass is 79.9. The Morgan fingerprint density at radius 2 is 2.04 bits per heavy atom. The summed E-state index contributed by atoms with van der Waals surface area (Å²) in [4.78, 5) is 12.0. The summed E-state index contributed by atoms with van der Waals surface area (Å²) in [5.41, 5.74) is 0.891. The van der Waals surface area contributed by atoms with Gasteiger partial charge in [0.05, 0.1) is 13.7 Å². The average Bonchev–Trinajstić information content (AvgIpc) is 3.24. The fourth-order valence-electron chi connectivity index (χ4n) is 2.80. The van der Waals surface area contributed by atoms with E-state index in [1.165, 1.54) is 22.3 Å². The minimum absolute atomic E-state index is 0.0376. The molecule has 2 aromatic rings. The molecule has 1 aliphatic heterocycles. The van der Waals surface area contributed by atoms with Gasteiger partial charge < -0.3 is 4.74 Å². The second-order valence-corrected chi connectivity index (χ2v) is 8.55. The second kappa shape index (κ2) is 7.27. The Kier molecular flexibility index (Phi) is 5.26. The van der Waals surface area contributed by atoms with Crippen LogP contribution in [0.5, 0.6) is 0 Å². The van der Waals surface area contributed by atoms with Crippen molar-refractivity contribution in [3.63, 3.8) is 0 Å². The molecule has 0 spiro atoms. The number of sulfonamides is 1. The summed E-state index contributed by atoms with van der Waals surface area (Å²) in [5, 5.41) is 3.95. The van der Waals surface area contributed by atoms with Crippen LogP contribution in [0.15, 0.2) is 40.0 Å². The number of halogens is 1. The van der Waals surface area contributed by atoms with E-state index in [4.69, 9.17) is 4.74 Å². The number of benzene rings is 1. The summed E-state index contributed by atoms with van der Waals surface area (Å²) in [6.07, 6.45) is 3.05. The molecular formula is C16H18BrN3O4S. The molecule has 0 N–H and O–H groups in total. The molecule has 134 valence electrons. The highest BCUT2D eigenvalue weighted by molar-refractivity contribution is 9.10. The quantitative estimate of drug-likeness (QED) is 0.683. The molecule has 0 radical (unpaired) electrons. The van der Waals surface area contributed by atoms with Crippen LogP contribution in [0.3, 0.4) is 0 Å². The number of carbonyl (C=O) groups is 1. The molecule has 2 heterocycles. The van der Waals surface area contributed by atoms with Crippen LogP contribution in [0.25, 0.3) is 0 Å². The minimum Gasteiger partial charge on any atom is -0.465 e. The topological polar surface area (TPSA) is 81.5 Å². The van der Waals surface area contributed by atoms with Crippen LogP contribution in [-0.4, -0.2) is 48.7 Å². The van der Waals surface area contributed by atoms with E-state index in [9.17, 15) is 13.2 Å². The number of nitrogens with zero attached hydrogens (tertiary/aromatic N) is 3. The summed E-state index contributed by atoms with van der Waals surface area (Å²) in [5.74, 6) is -0.710. The van der Waals surface area contributed by atoms with Gasteiger partial charge in [-0.2, -0.15) is 9.40 Å². The molecule has 9 heteroatoms. The first kappa shape index (κ1) is 18.1. The van der Waals surface area contributed by atoms with Gasteiger partial charge in [-0.3, -0.25) is 4.68 Å². The van der Waals surface area contributed by atoms with E-state index in [1.54, 1.807) is 0 Å². The van der Waals surface area contributed by atoms with Crippen molar-refractivity contribution in [2.45, 2.75) is 24.4 Å². The molecular weight excluding hydrogens is 410 g/mol.